The van der Waals surface area contributed by atoms with Crippen LogP contribution in [0.4, 0.5) is 4.11 Å². The predicted octanol–water partition coefficient (Wildman–Crippen LogP) is 2.64. The van der Waals surface area contributed by atoms with Crippen LogP contribution in [0.15, 0.2) is 0 Å². The van der Waals surface area contributed by atoms with Gasteiger partial charge in [0.05, 0.1) is 0 Å². The molecular weight excluding hydrogens is 131 g/mol. The van der Waals surface area contributed by atoms with E-state index >= 15 is 0 Å². The number of hydrogen-bond donors (Lipinski definition) is 0. The molecule has 1 aliphatic rings. The van der Waals surface area contributed by atoms with Gasteiger partial charge < -0.3 is 4.11 Å². The molecule has 0 aromatic heterocycles. The van der Waals surface area contributed by atoms with E-state index in [1.165, 1.54) is 32.1 Å². The van der Waals surface area contributed by atoms with Crippen molar-refractivity contribution in [1.29, 1.82) is 0 Å². The maximum absolute atomic E-state index is 12.8. The van der Waals surface area contributed by atoms with Gasteiger partial charge in [-0.3, -0.25) is 0 Å². The molecule has 54 valence electrons. The second-order valence-corrected chi connectivity index (χ2v) is 5.29. The van der Waals surface area contributed by atoms with Crippen molar-refractivity contribution in [3.05, 3.63) is 0 Å². The summed E-state index contributed by atoms with van der Waals surface area (Å²) in [7, 11) is -1.67. The molecule has 1 heterocycles. The second kappa shape index (κ2) is 4.04. The molecule has 0 unspecified atom stereocenters. The zero-order valence-electron chi connectivity index (χ0n) is 5.91. The maximum atomic E-state index is 12.8. The molecule has 0 N–H and O–H groups in total. The highest BCUT2D eigenvalue weighted by Gasteiger charge is 2.10. The van der Waals surface area contributed by atoms with Crippen LogP contribution < -0.4 is 0 Å². The van der Waals surface area contributed by atoms with Crippen LogP contribution in [0.3, 0.4) is 0 Å². The number of hydrogen-bond acceptors (Lipinski definition) is 0. The van der Waals surface area contributed by atoms with E-state index in [9.17, 15) is 4.11 Å². The predicted molar refractivity (Wildman–Crippen MR) is 41.0 cm³/mol. The van der Waals surface area contributed by atoms with Gasteiger partial charge in [0.25, 0.3) is 0 Å². The molecule has 1 aliphatic heterocycles. The van der Waals surface area contributed by atoms with E-state index in [0.717, 1.165) is 12.1 Å². The number of halogens is 1. The third kappa shape index (κ3) is 2.99. The Kier molecular flexibility index (Phi) is 3.26. The summed E-state index contributed by atoms with van der Waals surface area (Å²) in [5.74, 6) is 0. The normalized spacial score (nSPS) is 25.0. The van der Waals surface area contributed by atoms with Gasteiger partial charge in [0.1, 0.15) is 0 Å². The molecule has 0 aromatic rings. The lowest BCUT2D eigenvalue weighted by Crippen LogP contribution is -2.06. The molecule has 0 nitrogen and oxygen atoms in total. The van der Waals surface area contributed by atoms with Gasteiger partial charge >= 0.3 is 0 Å². The van der Waals surface area contributed by atoms with Crippen LogP contribution in [-0.4, -0.2) is 9.13 Å². The molecule has 1 rings (SSSR count). The summed E-state index contributed by atoms with van der Waals surface area (Å²) in [6.45, 7) is 0. The van der Waals surface area contributed by atoms with E-state index in [4.69, 9.17) is 0 Å². The Morgan fingerprint density at radius 3 is 1.78 bits per heavy atom. The van der Waals surface area contributed by atoms with E-state index in [0.29, 0.717) is 0 Å². The van der Waals surface area contributed by atoms with Gasteiger partial charge in [0, 0.05) is 0 Å². The number of rotatable bonds is 0. The van der Waals surface area contributed by atoms with Gasteiger partial charge in [-0.2, -0.15) is 0 Å². The first-order chi connectivity index (χ1) is 4.39. The van der Waals surface area contributed by atoms with Gasteiger partial charge in [-0.25, -0.2) is 0 Å². The fourth-order valence-corrected chi connectivity index (χ4v) is 3.16. The fourth-order valence-electron chi connectivity index (χ4n) is 1.41. The van der Waals surface area contributed by atoms with E-state index in [2.05, 4.69) is 0 Å². The van der Waals surface area contributed by atoms with Crippen molar-refractivity contribution in [2.24, 2.45) is 0 Å². The van der Waals surface area contributed by atoms with Crippen LogP contribution in [0.25, 0.3) is 0 Å². The Balaban J connectivity index is 2.12. The molecule has 0 aliphatic carbocycles. The minimum atomic E-state index is -1.67. The van der Waals surface area contributed by atoms with Crippen molar-refractivity contribution in [2.45, 2.75) is 44.2 Å². The van der Waals surface area contributed by atoms with Crippen LogP contribution in [0.5, 0.6) is 0 Å². The first-order valence-corrected chi connectivity index (χ1v) is 6.10. The van der Waals surface area contributed by atoms with E-state index in [1.807, 2.05) is 0 Å². The topological polar surface area (TPSA) is 0 Å². The summed E-state index contributed by atoms with van der Waals surface area (Å²) in [4.78, 5) is 0. The Labute approximate surface area is 58.2 Å². The molecule has 0 radical (unpaired) electrons. The van der Waals surface area contributed by atoms with Gasteiger partial charge in [-0.05, 0) is 12.1 Å². The van der Waals surface area contributed by atoms with E-state index < -0.39 is 9.13 Å². The lowest BCUT2D eigenvalue weighted by Gasteiger charge is -2.09. The average molecular weight is 146 g/mol. The third-order valence-electron chi connectivity index (χ3n) is 2.03. The molecule has 0 bridgehead atoms. The van der Waals surface area contributed by atoms with Crippen LogP contribution in [-0.2, 0) is 0 Å². The summed E-state index contributed by atoms with van der Waals surface area (Å²) in [6, 6.07) is 1.92. The fraction of sp³-hybridized carbons (Fsp3) is 1.00. The zero-order valence-corrected chi connectivity index (χ0v) is 7.06. The Hall–Kier alpha value is 0.147. The molecule has 1 fully saturated rings. The summed E-state index contributed by atoms with van der Waals surface area (Å²) in [6.07, 6.45) is 6.27. The summed E-state index contributed by atoms with van der Waals surface area (Å²) >= 11 is 0. The summed E-state index contributed by atoms with van der Waals surface area (Å²) < 4.78 is 12.8. The maximum Gasteiger partial charge on any atom is 0.231 e. The van der Waals surface area contributed by atoms with E-state index in [-0.39, 0.29) is 0 Å². The standard InChI is InChI=1S/C7H15FSi/c8-9-6-4-2-1-3-5-7-9/h9H,1-7H2. The minimum Gasteiger partial charge on any atom is -0.318 e. The van der Waals surface area contributed by atoms with Crippen molar-refractivity contribution in [2.75, 3.05) is 0 Å². The average Bonchev–Trinajstić information content (AvgIpc) is 1.79. The molecule has 0 spiro atoms. The Morgan fingerprint density at radius 1 is 0.778 bits per heavy atom. The van der Waals surface area contributed by atoms with Crippen molar-refractivity contribution in [1.82, 2.24) is 0 Å². The van der Waals surface area contributed by atoms with Crippen LogP contribution >= 0.6 is 0 Å². The molecule has 0 aromatic carbocycles. The van der Waals surface area contributed by atoms with Crippen molar-refractivity contribution < 1.29 is 4.11 Å². The highest BCUT2D eigenvalue weighted by molar-refractivity contribution is 6.50. The molecule has 0 saturated carbocycles. The first kappa shape index (κ1) is 7.26. The van der Waals surface area contributed by atoms with Crippen molar-refractivity contribution in [3.63, 3.8) is 0 Å². The van der Waals surface area contributed by atoms with Crippen molar-refractivity contribution >= 4 is 9.13 Å². The molecular formula is C7H15FSi. The molecule has 1 saturated heterocycles. The van der Waals surface area contributed by atoms with Crippen LogP contribution in [0.1, 0.15) is 32.1 Å². The van der Waals surface area contributed by atoms with E-state index in [1.54, 1.807) is 0 Å². The highest BCUT2D eigenvalue weighted by atomic mass is 28.3. The monoisotopic (exact) mass is 146 g/mol. The Bertz CT molecular complexity index is 67.3. The lowest BCUT2D eigenvalue weighted by molar-refractivity contribution is 0.612. The summed E-state index contributed by atoms with van der Waals surface area (Å²) in [5, 5.41) is 0. The molecule has 0 amide bonds. The van der Waals surface area contributed by atoms with Crippen LogP contribution in [0.2, 0.25) is 12.1 Å². The lowest BCUT2D eigenvalue weighted by atomic mass is 10.2. The Morgan fingerprint density at radius 2 is 1.22 bits per heavy atom. The third-order valence-corrected chi connectivity index (χ3v) is 4.10. The smallest absolute Gasteiger partial charge is 0.231 e. The molecule has 2 heteroatoms. The summed E-state index contributed by atoms with van der Waals surface area (Å²) in [5.41, 5.74) is 0. The van der Waals surface area contributed by atoms with Gasteiger partial charge in [0.2, 0.25) is 9.13 Å². The van der Waals surface area contributed by atoms with Gasteiger partial charge in [0.15, 0.2) is 0 Å². The van der Waals surface area contributed by atoms with Gasteiger partial charge in [-0.1, -0.05) is 32.1 Å². The SMILES string of the molecule is F[SiH]1CCCCCCC1. The quantitative estimate of drug-likeness (QED) is 0.364. The highest BCUT2D eigenvalue weighted by Crippen LogP contribution is 2.17. The zero-order chi connectivity index (χ0) is 6.53. The van der Waals surface area contributed by atoms with Gasteiger partial charge in [-0.15, -0.1) is 0 Å². The minimum absolute atomic E-state index is 0.958. The van der Waals surface area contributed by atoms with Crippen LogP contribution in [0, 0.1) is 0 Å². The first-order valence-electron chi connectivity index (χ1n) is 4.03. The molecule has 9 heavy (non-hydrogen) atoms. The molecule has 0 atom stereocenters. The largest absolute Gasteiger partial charge is 0.318 e. The van der Waals surface area contributed by atoms with Crippen molar-refractivity contribution in [3.8, 4) is 0 Å². The second-order valence-electron chi connectivity index (χ2n) is 2.94.